The summed E-state index contributed by atoms with van der Waals surface area (Å²) >= 11 is 0. The molecule has 1 N–H and O–H groups in total. The first-order chi connectivity index (χ1) is 12.7. The first kappa shape index (κ1) is 16.7. The van der Waals surface area contributed by atoms with Crippen molar-refractivity contribution < 1.29 is 0 Å². The van der Waals surface area contributed by atoms with Gasteiger partial charge in [-0.05, 0) is 60.0 Å². The smallest absolute Gasteiger partial charge is 0.153 e. The molecule has 3 heteroatoms. The van der Waals surface area contributed by atoms with Crippen LogP contribution in [0.15, 0.2) is 94.2 Å². The van der Waals surface area contributed by atoms with E-state index >= 15 is 0 Å². The van der Waals surface area contributed by atoms with E-state index in [1.165, 1.54) is 21.6 Å². The Morgan fingerprint density at radius 3 is 2.27 bits per heavy atom. The van der Waals surface area contributed by atoms with Crippen LogP contribution >= 0.6 is 10.9 Å². The Balaban J connectivity index is 1.76. The minimum atomic E-state index is -0.635. The molecule has 130 valence electrons. The Labute approximate surface area is 157 Å². The normalized spacial score (nSPS) is 19.2. The van der Waals surface area contributed by atoms with Crippen molar-refractivity contribution in [3.63, 3.8) is 0 Å². The molecule has 2 nitrogen and oxygen atoms in total. The minimum Gasteiger partial charge on any atom is -0.335 e. The van der Waals surface area contributed by atoms with Crippen LogP contribution in [0.2, 0.25) is 0 Å². The van der Waals surface area contributed by atoms with E-state index in [-0.39, 0.29) is 0 Å². The number of rotatable bonds is 3. The number of nitrogens with zero attached hydrogens (tertiary/aromatic N) is 1. The zero-order valence-corrected chi connectivity index (χ0v) is 15.9. The molecule has 0 fully saturated rings. The lowest BCUT2D eigenvalue weighted by atomic mass is 10.1. The average Bonchev–Trinajstić information content (AvgIpc) is 3.07. The molecule has 26 heavy (non-hydrogen) atoms. The molecule has 0 amide bonds. The van der Waals surface area contributed by atoms with Crippen LogP contribution in [0, 0.1) is 13.8 Å². The summed E-state index contributed by atoms with van der Waals surface area (Å²) < 4.78 is 0. The first-order valence-electron chi connectivity index (χ1n) is 8.74. The van der Waals surface area contributed by atoms with Crippen LogP contribution in [0.1, 0.15) is 16.7 Å². The number of aliphatic imine (C=N–C) groups is 1. The summed E-state index contributed by atoms with van der Waals surface area (Å²) in [6, 6.07) is 27.6. The molecule has 1 heterocycles. The van der Waals surface area contributed by atoms with Crippen molar-refractivity contribution in [2.45, 2.75) is 18.7 Å². The molecular formula is C23H22N2S. The highest BCUT2D eigenvalue weighted by Gasteiger charge is 2.22. The molecule has 0 bridgehead atoms. The number of amidine groups is 1. The van der Waals surface area contributed by atoms with Gasteiger partial charge in [-0.25, -0.2) is 4.99 Å². The van der Waals surface area contributed by atoms with Crippen LogP contribution < -0.4 is 5.32 Å². The molecule has 0 radical (unpaired) electrons. The van der Waals surface area contributed by atoms with Gasteiger partial charge in [0.1, 0.15) is 0 Å². The van der Waals surface area contributed by atoms with Gasteiger partial charge in [0.15, 0.2) is 5.17 Å². The van der Waals surface area contributed by atoms with Gasteiger partial charge < -0.3 is 5.32 Å². The fourth-order valence-electron chi connectivity index (χ4n) is 2.97. The monoisotopic (exact) mass is 358 g/mol. The Morgan fingerprint density at radius 2 is 1.54 bits per heavy atom. The lowest BCUT2D eigenvalue weighted by Crippen LogP contribution is -2.15. The molecule has 1 aliphatic heterocycles. The van der Waals surface area contributed by atoms with Gasteiger partial charge in [-0.3, -0.25) is 0 Å². The number of nitrogens with one attached hydrogen (secondary N) is 1. The van der Waals surface area contributed by atoms with Gasteiger partial charge in [-0.15, -0.1) is 10.9 Å². The molecule has 1 unspecified atom stereocenters. The second kappa shape index (κ2) is 7.22. The highest BCUT2D eigenvalue weighted by Crippen LogP contribution is 2.45. The summed E-state index contributed by atoms with van der Waals surface area (Å²) in [5.41, 5.74) is 5.88. The lowest BCUT2D eigenvalue weighted by molar-refractivity contribution is 1.30. The Bertz CT molecular complexity index is 973. The van der Waals surface area contributed by atoms with Crippen molar-refractivity contribution in [3.05, 3.63) is 101 Å². The van der Waals surface area contributed by atoms with Crippen molar-refractivity contribution in [1.82, 2.24) is 5.32 Å². The predicted molar refractivity (Wildman–Crippen MR) is 114 cm³/mol. The van der Waals surface area contributed by atoms with E-state index in [2.05, 4.69) is 73.1 Å². The molecule has 0 saturated carbocycles. The summed E-state index contributed by atoms with van der Waals surface area (Å²) in [5.74, 6) is 0. The molecule has 1 aliphatic rings. The predicted octanol–water partition coefficient (Wildman–Crippen LogP) is 5.95. The molecule has 4 rings (SSSR count). The average molecular weight is 359 g/mol. The van der Waals surface area contributed by atoms with E-state index in [9.17, 15) is 0 Å². The number of hydrogen-bond acceptors (Lipinski definition) is 1. The van der Waals surface area contributed by atoms with E-state index in [1.54, 1.807) is 0 Å². The topological polar surface area (TPSA) is 24.4 Å². The molecule has 0 aliphatic carbocycles. The molecule has 0 saturated heterocycles. The van der Waals surface area contributed by atoms with E-state index in [4.69, 9.17) is 4.99 Å². The molecule has 0 spiro atoms. The largest absolute Gasteiger partial charge is 0.335 e. The van der Waals surface area contributed by atoms with Gasteiger partial charge in [0, 0.05) is 0 Å². The zero-order valence-electron chi connectivity index (χ0n) is 15.0. The standard InChI is InChI=1S/C23H22N2S/c1-17-11-13-21(14-12-17)26-16-22(19-8-6-7-18(2)15-19)25-23(26)24-20-9-4-3-5-10-20/h3-16,26H,1-2H3,(H,24,25). The summed E-state index contributed by atoms with van der Waals surface area (Å²) in [6.07, 6.45) is 0. The van der Waals surface area contributed by atoms with Gasteiger partial charge >= 0.3 is 0 Å². The zero-order chi connectivity index (χ0) is 17.9. The van der Waals surface area contributed by atoms with Gasteiger partial charge in [0.05, 0.1) is 11.4 Å². The van der Waals surface area contributed by atoms with E-state index in [0.717, 1.165) is 16.6 Å². The van der Waals surface area contributed by atoms with Crippen molar-refractivity contribution in [3.8, 4) is 0 Å². The number of para-hydroxylation sites is 1. The van der Waals surface area contributed by atoms with Crippen molar-refractivity contribution in [2.24, 2.45) is 4.99 Å². The van der Waals surface area contributed by atoms with Crippen LogP contribution in [0.4, 0.5) is 5.69 Å². The highest BCUT2D eigenvalue weighted by molar-refractivity contribution is 8.32. The Morgan fingerprint density at radius 1 is 0.769 bits per heavy atom. The van der Waals surface area contributed by atoms with Gasteiger partial charge in [-0.2, -0.15) is 0 Å². The lowest BCUT2D eigenvalue weighted by Gasteiger charge is -2.15. The van der Waals surface area contributed by atoms with E-state index < -0.39 is 10.9 Å². The fourth-order valence-corrected chi connectivity index (χ4v) is 4.89. The number of benzene rings is 3. The summed E-state index contributed by atoms with van der Waals surface area (Å²) in [4.78, 5) is 6.23. The van der Waals surface area contributed by atoms with Crippen molar-refractivity contribution in [1.29, 1.82) is 0 Å². The molecule has 0 aromatic heterocycles. The number of thiol groups is 1. The third-order valence-electron chi connectivity index (χ3n) is 4.37. The Hall–Kier alpha value is -2.78. The Kier molecular flexibility index (Phi) is 4.63. The third-order valence-corrected chi connectivity index (χ3v) is 6.40. The second-order valence-corrected chi connectivity index (χ2v) is 8.45. The summed E-state index contributed by atoms with van der Waals surface area (Å²) in [5, 5.41) is 6.96. The number of aryl methyl sites for hydroxylation is 2. The quantitative estimate of drug-likeness (QED) is 0.555. The van der Waals surface area contributed by atoms with Crippen molar-refractivity contribution in [2.75, 3.05) is 0 Å². The van der Waals surface area contributed by atoms with Crippen LogP contribution in [-0.2, 0) is 0 Å². The van der Waals surface area contributed by atoms with E-state index in [1.807, 2.05) is 30.3 Å². The summed E-state index contributed by atoms with van der Waals surface area (Å²) in [6.45, 7) is 4.25. The van der Waals surface area contributed by atoms with E-state index in [0.29, 0.717) is 0 Å². The third kappa shape index (κ3) is 3.58. The first-order valence-corrected chi connectivity index (χ1v) is 10.2. The molecule has 3 aromatic rings. The van der Waals surface area contributed by atoms with Crippen LogP contribution in [0.3, 0.4) is 0 Å². The van der Waals surface area contributed by atoms with Crippen LogP contribution in [0.5, 0.6) is 0 Å². The van der Waals surface area contributed by atoms with Gasteiger partial charge in [-0.1, -0.05) is 59.7 Å². The fraction of sp³-hybridized carbons (Fsp3) is 0.0870. The number of hydrogen-bond donors (Lipinski definition) is 2. The maximum Gasteiger partial charge on any atom is 0.153 e. The SMILES string of the molecule is Cc1ccc([SH]2C=C(c3cccc(C)c3)NC2=Nc2ccccc2)cc1. The maximum absolute atomic E-state index is 4.92. The maximum atomic E-state index is 4.92. The summed E-state index contributed by atoms with van der Waals surface area (Å²) in [7, 11) is -0.635. The van der Waals surface area contributed by atoms with Gasteiger partial charge in [0.25, 0.3) is 0 Å². The second-order valence-electron chi connectivity index (χ2n) is 6.51. The molecule has 3 aromatic carbocycles. The highest BCUT2D eigenvalue weighted by atomic mass is 32.2. The minimum absolute atomic E-state index is 0.635. The van der Waals surface area contributed by atoms with Crippen molar-refractivity contribution >= 4 is 27.4 Å². The molecule has 1 atom stereocenters. The molecular weight excluding hydrogens is 336 g/mol. The van der Waals surface area contributed by atoms with Gasteiger partial charge in [0.2, 0.25) is 0 Å². The van der Waals surface area contributed by atoms with Crippen LogP contribution in [0.25, 0.3) is 5.70 Å². The van der Waals surface area contributed by atoms with Crippen LogP contribution in [-0.4, -0.2) is 5.17 Å².